The van der Waals surface area contributed by atoms with E-state index in [9.17, 15) is 9.59 Å². The minimum atomic E-state index is -0.322. The van der Waals surface area contributed by atoms with E-state index in [1.54, 1.807) is 13.1 Å². The predicted octanol–water partition coefficient (Wildman–Crippen LogP) is 1.37. The summed E-state index contributed by atoms with van der Waals surface area (Å²) in [5.41, 5.74) is 0. The Balaban J connectivity index is 2.54. The number of ether oxygens (including phenoxy) is 1. The lowest BCUT2D eigenvalue weighted by molar-refractivity contribution is -0.142. The Morgan fingerprint density at radius 2 is 2.44 bits per heavy atom. The van der Waals surface area contributed by atoms with Gasteiger partial charge in [0.05, 0.1) is 13.0 Å². The Hall–Kier alpha value is -1.69. The van der Waals surface area contributed by atoms with Gasteiger partial charge in [-0.15, -0.1) is 11.3 Å². The molecule has 0 bridgehead atoms. The molecule has 1 N–H and O–H groups in total. The summed E-state index contributed by atoms with van der Waals surface area (Å²) in [7, 11) is 0. The molecule has 1 aromatic heterocycles. The fraction of sp³-hybridized carbons (Fsp3) is 0.300. The van der Waals surface area contributed by atoms with E-state index < -0.39 is 0 Å². The number of carbonyl (C=O) groups excluding carboxylic acids is 2. The Morgan fingerprint density at radius 1 is 1.69 bits per heavy atom. The van der Waals surface area contributed by atoms with Crippen molar-refractivity contribution in [3.63, 3.8) is 0 Å². The van der Waals surface area contributed by atoms with Crippen molar-refractivity contribution >= 4 is 28.3 Å². The highest BCUT2D eigenvalue weighted by Crippen LogP contribution is 2.18. The molecule has 0 aliphatic heterocycles. The number of anilines is 1. The van der Waals surface area contributed by atoms with Gasteiger partial charge in [0.2, 0.25) is 5.91 Å². The van der Waals surface area contributed by atoms with Gasteiger partial charge in [0, 0.05) is 11.1 Å². The number of amides is 1. The van der Waals surface area contributed by atoms with Crippen molar-refractivity contribution in [2.75, 3.05) is 11.9 Å². The molecule has 1 amide bonds. The van der Waals surface area contributed by atoms with Crippen LogP contribution in [0.1, 0.15) is 11.8 Å². The van der Waals surface area contributed by atoms with Crippen molar-refractivity contribution in [3.05, 3.63) is 23.7 Å². The molecule has 0 fully saturated rings. The Labute approximate surface area is 97.1 Å². The van der Waals surface area contributed by atoms with Gasteiger partial charge < -0.3 is 4.74 Å². The molecule has 1 heterocycles. The molecular weight excluding hydrogens is 228 g/mol. The molecule has 16 heavy (non-hydrogen) atoms. The van der Waals surface area contributed by atoms with Gasteiger partial charge in [-0.2, -0.15) is 0 Å². The van der Waals surface area contributed by atoms with Gasteiger partial charge in [-0.05, 0) is 13.0 Å². The molecule has 6 heteroatoms. The molecule has 1 aromatic rings. The summed E-state index contributed by atoms with van der Waals surface area (Å²) in [5, 5.41) is 2.96. The third kappa shape index (κ3) is 3.82. The van der Waals surface area contributed by atoms with Crippen molar-refractivity contribution in [1.82, 2.24) is 4.98 Å². The minimum Gasteiger partial charge on any atom is -0.466 e. The molecule has 0 aromatic carbocycles. The average Bonchev–Trinajstić information content (AvgIpc) is 2.65. The van der Waals surface area contributed by atoms with Gasteiger partial charge in [0.15, 0.2) is 5.13 Å². The standard InChI is InChI=1S/C10H12N2O3S/c1-3-8(13)12-10-11-6-7(16-10)5-9(14)15-4-2/h3,6H,1,4-5H2,2H3,(H,11,12,13). The largest absolute Gasteiger partial charge is 0.466 e. The normalized spacial score (nSPS) is 9.56. The van der Waals surface area contributed by atoms with E-state index in [4.69, 9.17) is 4.74 Å². The molecule has 0 spiro atoms. The quantitative estimate of drug-likeness (QED) is 0.623. The maximum Gasteiger partial charge on any atom is 0.311 e. The van der Waals surface area contributed by atoms with Crippen LogP contribution in [0.4, 0.5) is 5.13 Å². The van der Waals surface area contributed by atoms with E-state index in [2.05, 4.69) is 16.9 Å². The van der Waals surface area contributed by atoms with Gasteiger partial charge in [-0.25, -0.2) is 4.98 Å². The lowest BCUT2D eigenvalue weighted by Crippen LogP contribution is -2.06. The summed E-state index contributed by atoms with van der Waals surface area (Å²) in [6.45, 7) is 5.44. The van der Waals surface area contributed by atoms with Crippen LogP contribution in [-0.2, 0) is 20.7 Å². The predicted molar refractivity (Wildman–Crippen MR) is 61.3 cm³/mol. The van der Waals surface area contributed by atoms with Crippen LogP contribution in [0.5, 0.6) is 0 Å². The fourth-order valence-electron chi connectivity index (χ4n) is 0.958. The van der Waals surface area contributed by atoms with Crippen LogP contribution in [0.3, 0.4) is 0 Å². The van der Waals surface area contributed by atoms with Crippen molar-refractivity contribution in [1.29, 1.82) is 0 Å². The first-order valence-corrected chi connectivity index (χ1v) is 5.51. The summed E-state index contributed by atoms with van der Waals surface area (Å²) in [6, 6.07) is 0. The Kier molecular flexibility index (Phi) is 4.65. The van der Waals surface area contributed by atoms with Crippen molar-refractivity contribution in [2.45, 2.75) is 13.3 Å². The zero-order valence-corrected chi connectivity index (χ0v) is 9.67. The minimum absolute atomic E-state index is 0.176. The molecule has 5 nitrogen and oxygen atoms in total. The third-order valence-electron chi connectivity index (χ3n) is 1.59. The number of esters is 1. The molecule has 0 aliphatic rings. The highest BCUT2D eigenvalue weighted by molar-refractivity contribution is 7.15. The molecule has 0 atom stereocenters. The smallest absolute Gasteiger partial charge is 0.311 e. The zero-order valence-electron chi connectivity index (χ0n) is 8.86. The lowest BCUT2D eigenvalue weighted by Gasteiger charge is -1.97. The number of hydrogen-bond acceptors (Lipinski definition) is 5. The molecule has 1 rings (SSSR count). The van der Waals surface area contributed by atoms with Gasteiger partial charge >= 0.3 is 5.97 Å². The van der Waals surface area contributed by atoms with Gasteiger partial charge in [-0.1, -0.05) is 6.58 Å². The Morgan fingerprint density at radius 3 is 3.06 bits per heavy atom. The molecule has 0 aliphatic carbocycles. The van der Waals surface area contributed by atoms with Crippen LogP contribution in [-0.4, -0.2) is 23.5 Å². The molecular formula is C10H12N2O3S. The van der Waals surface area contributed by atoms with Gasteiger partial charge in [-0.3, -0.25) is 14.9 Å². The zero-order chi connectivity index (χ0) is 12.0. The van der Waals surface area contributed by atoms with Crippen molar-refractivity contribution < 1.29 is 14.3 Å². The number of thiazole rings is 1. The van der Waals surface area contributed by atoms with Crippen LogP contribution < -0.4 is 5.32 Å². The van der Waals surface area contributed by atoms with E-state index in [-0.39, 0.29) is 18.3 Å². The van der Waals surface area contributed by atoms with E-state index in [1.807, 2.05) is 0 Å². The first-order valence-electron chi connectivity index (χ1n) is 4.69. The number of carbonyl (C=O) groups is 2. The number of rotatable bonds is 5. The van der Waals surface area contributed by atoms with E-state index in [1.165, 1.54) is 11.3 Å². The summed E-state index contributed by atoms with van der Waals surface area (Å²) < 4.78 is 4.79. The number of nitrogens with zero attached hydrogens (tertiary/aromatic N) is 1. The second kappa shape index (κ2) is 6.02. The maximum atomic E-state index is 11.2. The second-order valence-corrected chi connectivity index (χ2v) is 3.92. The number of aromatic nitrogens is 1. The topological polar surface area (TPSA) is 68.3 Å². The van der Waals surface area contributed by atoms with Gasteiger partial charge in [0.25, 0.3) is 0 Å². The third-order valence-corrected chi connectivity index (χ3v) is 2.51. The Bertz CT molecular complexity index is 401. The molecule has 0 saturated carbocycles. The van der Waals surface area contributed by atoms with Crippen LogP contribution >= 0.6 is 11.3 Å². The number of nitrogens with one attached hydrogen (secondary N) is 1. The summed E-state index contributed by atoms with van der Waals surface area (Å²) >= 11 is 1.24. The first-order chi connectivity index (χ1) is 7.65. The van der Waals surface area contributed by atoms with Crippen molar-refractivity contribution in [2.24, 2.45) is 0 Å². The van der Waals surface area contributed by atoms with Crippen LogP contribution in [0.2, 0.25) is 0 Å². The summed E-state index contributed by atoms with van der Waals surface area (Å²) in [5.74, 6) is -0.621. The SMILES string of the molecule is C=CC(=O)Nc1ncc(CC(=O)OCC)s1. The van der Waals surface area contributed by atoms with E-state index >= 15 is 0 Å². The summed E-state index contributed by atoms with van der Waals surface area (Å²) in [4.78, 5) is 26.8. The monoisotopic (exact) mass is 240 g/mol. The van der Waals surface area contributed by atoms with Crippen LogP contribution in [0, 0.1) is 0 Å². The van der Waals surface area contributed by atoms with Crippen LogP contribution in [0.15, 0.2) is 18.9 Å². The van der Waals surface area contributed by atoms with Crippen LogP contribution in [0.25, 0.3) is 0 Å². The highest BCUT2D eigenvalue weighted by Gasteiger charge is 2.08. The van der Waals surface area contributed by atoms with E-state index in [0.29, 0.717) is 11.7 Å². The van der Waals surface area contributed by atoms with Gasteiger partial charge in [0.1, 0.15) is 0 Å². The second-order valence-electron chi connectivity index (χ2n) is 2.81. The molecule has 0 unspecified atom stereocenters. The number of hydrogen-bond donors (Lipinski definition) is 1. The lowest BCUT2D eigenvalue weighted by atomic mass is 10.4. The summed E-state index contributed by atoms with van der Waals surface area (Å²) in [6.07, 6.45) is 2.88. The highest BCUT2D eigenvalue weighted by atomic mass is 32.1. The van der Waals surface area contributed by atoms with Crippen molar-refractivity contribution in [3.8, 4) is 0 Å². The first kappa shape index (κ1) is 12.4. The van der Waals surface area contributed by atoms with E-state index in [0.717, 1.165) is 11.0 Å². The molecule has 0 radical (unpaired) electrons. The molecule has 86 valence electrons. The molecule has 0 saturated heterocycles. The fourth-order valence-corrected chi connectivity index (χ4v) is 1.76. The maximum absolute atomic E-state index is 11.2. The average molecular weight is 240 g/mol.